The summed E-state index contributed by atoms with van der Waals surface area (Å²) < 4.78 is 5.32. The first-order valence-corrected chi connectivity index (χ1v) is 4.78. The van der Waals surface area contributed by atoms with Gasteiger partial charge in [-0.3, -0.25) is 0 Å². The lowest BCUT2D eigenvalue weighted by Crippen LogP contribution is -1.99. The fraction of sp³-hybridized carbons (Fsp3) is 0.375. The lowest BCUT2D eigenvalue weighted by molar-refractivity contribution is 0.0694. The van der Waals surface area contributed by atoms with E-state index >= 15 is 0 Å². The van der Waals surface area contributed by atoms with E-state index in [0.29, 0.717) is 11.3 Å². The predicted molar refractivity (Wildman–Crippen MR) is 45.4 cm³/mol. The first-order chi connectivity index (χ1) is 5.70. The lowest BCUT2D eigenvalue weighted by Gasteiger charge is -1.92. The maximum absolute atomic E-state index is 10.8. The quantitative estimate of drug-likeness (QED) is 0.725. The third kappa shape index (κ3) is 0.948. The number of hydrogen-bond acceptors (Lipinski definition) is 3. The Hall–Kier alpha value is -0.900. The summed E-state index contributed by atoms with van der Waals surface area (Å²) in [5.74, 6) is 2.08. The molecule has 0 aliphatic carbocycles. The molecule has 2 rings (SSSR count). The number of carboxylic acids is 1. The van der Waals surface area contributed by atoms with Crippen molar-refractivity contribution in [3.05, 3.63) is 22.6 Å². The van der Waals surface area contributed by atoms with Crippen LogP contribution in [0.1, 0.15) is 27.4 Å². The molecular weight excluding hydrogens is 176 g/mol. The van der Waals surface area contributed by atoms with Gasteiger partial charge in [0.1, 0.15) is 17.1 Å². The number of furan rings is 1. The van der Waals surface area contributed by atoms with E-state index in [2.05, 4.69) is 0 Å². The average molecular weight is 184 g/mol. The Kier molecular flexibility index (Phi) is 1.65. The molecule has 0 atom stereocenters. The van der Waals surface area contributed by atoms with Gasteiger partial charge in [0.05, 0.1) is 5.75 Å². The predicted octanol–water partition coefficient (Wildman–Crippen LogP) is 2.03. The zero-order valence-corrected chi connectivity index (χ0v) is 7.40. The van der Waals surface area contributed by atoms with Crippen LogP contribution >= 0.6 is 11.8 Å². The van der Waals surface area contributed by atoms with Gasteiger partial charge in [-0.2, -0.15) is 0 Å². The summed E-state index contributed by atoms with van der Waals surface area (Å²) in [4.78, 5) is 10.8. The molecule has 1 aliphatic heterocycles. The summed E-state index contributed by atoms with van der Waals surface area (Å²) in [5.41, 5.74) is 1.25. The number of thioether (sulfide) groups is 1. The van der Waals surface area contributed by atoms with Crippen LogP contribution in [0.15, 0.2) is 4.42 Å². The summed E-state index contributed by atoms with van der Waals surface area (Å²) in [6.07, 6.45) is 0. The molecule has 1 aromatic heterocycles. The molecule has 64 valence electrons. The van der Waals surface area contributed by atoms with Gasteiger partial charge in [-0.25, -0.2) is 4.79 Å². The van der Waals surface area contributed by atoms with E-state index in [1.807, 2.05) is 0 Å². The third-order valence-electron chi connectivity index (χ3n) is 1.96. The van der Waals surface area contributed by atoms with E-state index in [9.17, 15) is 4.79 Å². The largest absolute Gasteiger partial charge is 0.478 e. The van der Waals surface area contributed by atoms with Gasteiger partial charge in [-0.05, 0) is 6.92 Å². The molecule has 0 amide bonds. The number of carbonyl (C=O) groups is 1. The van der Waals surface area contributed by atoms with Crippen molar-refractivity contribution in [2.45, 2.75) is 18.4 Å². The second-order valence-corrected chi connectivity index (χ2v) is 3.72. The molecule has 0 bridgehead atoms. The van der Waals surface area contributed by atoms with Crippen molar-refractivity contribution in [2.75, 3.05) is 0 Å². The molecule has 12 heavy (non-hydrogen) atoms. The monoisotopic (exact) mass is 184 g/mol. The van der Waals surface area contributed by atoms with Gasteiger partial charge >= 0.3 is 5.97 Å². The highest BCUT2D eigenvalue weighted by molar-refractivity contribution is 7.98. The Balaban J connectivity index is 2.59. The fourth-order valence-corrected chi connectivity index (χ4v) is 2.47. The number of hydrogen-bond donors (Lipinski definition) is 1. The summed E-state index contributed by atoms with van der Waals surface area (Å²) >= 11 is 1.69. The van der Waals surface area contributed by atoms with Crippen LogP contribution in [0.2, 0.25) is 0 Å². The Morgan fingerprint density at radius 1 is 1.58 bits per heavy atom. The summed E-state index contributed by atoms with van der Waals surface area (Å²) in [5, 5.41) is 8.85. The Labute approximate surface area is 73.8 Å². The second-order valence-electron chi connectivity index (χ2n) is 2.73. The molecule has 1 aromatic rings. The van der Waals surface area contributed by atoms with Crippen LogP contribution in [-0.2, 0) is 11.5 Å². The Morgan fingerprint density at radius 3 is 3.00 bits per heavy atom. The van der Waals surface area contributed by atoms with E-state index in [1.165, 1.54) is 0 Å². The van der Waals surface area contributed by atoms with Gasteiger partial charge in [0.25, 0.3) is 0 Å². The standard InChI is InChI=1S/C8H8O3S/c1-4-7(8(9)10)5-2-12-3-6(5)11-4/h2-3H2,1H3,(H,9,10). The smallest absolute Gasteiger partial charge is 0.339 e. The minimum atomic E-state index is -0.875. The van der Waals surface area contributed by atoms with Gasteiger partial charge < -0.3 is 9.52 Å². The normalized spacial score (nSPS) is 14.8. The second kappa shape index (κ2) is 2.55. The molecule has 0 radical (unpaired) electrons. The van der Waals surface area contributed by atoms with E-state index < -0.39 is 5.97 Å². The van der Waals surface area contributed by atoms with Crippen LogP contribution in [0.4, 0.5) is 0 Å². The molecule has 1 N–H and O–H groups in total. The van der Waals surface area contributed by atoms with Crippen LogP contribution in [0.5, 0.6) is 0 Å². The van der Waals surface area contributed by atoms with Crippen LogP contribution in [0.25, 0.3) is 0 Å². The Bertz CT molecular complexity index is 340. The number of aromatic carboxylic acids is 1. The first-order valence-electron chi connectivity index (χ1n) is 3.62. The molecule has 0 aromatic carbocycles. The van der Waals surface area contributed by atoms with Gasteiger partial charge in [0, 0.05) is 11.3 Å². The van der Waals surface area contributed by atoms with Crippen LogP contribution < -0.4 is 0 Å². The zero-order chi connectivity index (χ0) is 8.72. The molecule has 3 nitrogen and oxygen atoms in total. The third-order valence-corrected chi connectivity index (χ3v) is 2.92. The van der Waals surface area contributed by atoms with Crippen molar-refractivity contribution < 1.29 is 14.3 Å². The minimum absolute atomic E-state index is 0.370. The lowest BCUT2D eigenvalue weighted by atomic mass is 10.1. The molecule has 1 aliphatic rings. The van der Waals surface area contributed by atoms with Gasteiger partial charge in [0.15, 0.2) is 0 Å². The highest BCUT2D eigenvalue weighted by atomic mass is 32.2. The number of carboxylic acid groups (broad SMARTS) is 1. The van der Waals surface area contributed by atoms with Crippen molar-refractivity contribution in [1.82, 2.24) is 0 Å². The van der Waals surface area contributed by atoms with Crippen molar-refractivity contribution in [2.24, 2.45) is 0 Å². The Morgan fingerprint density at radius 2 is 2.33 bits per heavy atom. The van der Waals surface area contributed by atoms with Crippen molar-refractivity contribution in [3.8, 4) is 0 Å². The first kappa shape index (κ1) is 7.73. The molecule has 0 saturated heterocycles. The molecule has 0 spiro atoms. The van der Waals surface area contributed by atoms with Gasteiger partial charge in [-0.15, -0.1) is 11.8 Å². The highest BCUT2D eigenvalue weighted by Crippen LogP contribution is 2.35. The average Bonchev–Trinajstić information content (AvgIpc) is 2.44. The molecule has 4 heteroatoms. The van der Waals surface area contributed by atoms with E-state index in [0.717, 1.165) is 22.8 Å². The molecule has 2 heterocycles. The SMILES string of the molecule is Cc1oc2c(c1C(=O)O)CSC2. The molecule has 0 fully saturated rings. The maximum atomic E-state index is 10.8. The van der Waals surface area contributed by atoms with E-state index in [-0.39, 0.29) is 0 Å². The van der Waals surface area contributed by atoms with Crippen LogP contribution in [0.3, 0.4) is 0 Å². The van der Waals surface area contributed by atoms with Gasteiger partial charge in [-0.1, -0.05) is 0 Å². The summed E-state index contributed by atoms with van der Waals surface area (Å²) in [6, 6.07) is 0. The number of fused-ring (bicyclic) bond motifs is 1. The minimum Gasteiger partial charge on any atom is -0.478 e. The van der Waals surface area contributed by atoms with Crippen molar-refractivity contribution in [1.29, 1.82) is 0 Å². The fourth-order valence-electron chi connectivity index (χ4n) is 1.44. The topological polar surface area (TPSA) is 50.4 Å². The van der Waals surface area contributed by atoms with Crippen LogP contribution in [0, 0.1) is 6.92 Å². The zero-order valence-electron chi connectivity index (χ0n) is 6.59. The molecular formula is C8H8O3S. The van der Waals surface area contributed by atoms with Gasteiger partial charge in [0.2, 0.25) is 0 Å². The van der Waals surface area contributed by atoms with Crippen LogP contribution in [-0.4, -0.2) is 11.1 Å². The number of rotatable bonds is 1. The van der Waals surface area contributed by atoms with Crippen molar-refractivity contribution in [3.63, 3.8) is 0 Å². The molecule has 0 unspecified atom stereocenters. The molecule has 0 saturated carbocycles. The number of aryl methyl sites for hydroxylation is 1. The highest BCUT2D eigenvalue weighted by Gasteiger charge is 2.26. The van der Waals surface area contributed by atoms with E-state index in [1.54, 1.807) is 18.7 Å². The van der Waals surface area contributed by atoms with E-state index in [4.69, 9.17) is 9.52 Å². The maximum Gasteiger partial charge on any atom is 0.339 e. The summed E-state index contributed by atoms with van der Waals surface area (Å²) in [6.45, 7) is 1.70. The van der Waals surface area contributed by atoms with Crippen molar-refractivity contribution >= 4 is 17.7 Å². The summed E-state index contributed by atoms with van der Waals surface area (Å²) in [7, 11) is 0.